The molecule has 3 N–H and O–H groups in total. The molecule has 0 aliphatic rings. The monoisotopic (exact) mass is 161 g/mol. The van der Waals surface area contributed by atoms with Gasteiger partial charge in [-0.15, -0.1) is 0 Å². The molecule has 0 bridgehead atoms. The van der Waals surface area contributed by atoms with Crippen LogP contribution >= 0.6 is 0 Å². The number of aliphatic hydroxyl groups excluding tert-OH is 1. The first-order chi connectivity index (χ1) is 5.17. The minimum Gasteiger partial charge on any atom is -0.469 e. The van der Waals surface area contributed by atoms with Gasteiger partial charge in [-0.3, -0.25) is 4.79 Å². The third-order valence-corrected chi connectivity index (χ3v) is 1.64. The second kappa shape index (κ2) is 5.09. The van der Waals surface area contributed by atoms with Gasteiger partial charge in [-0.25, -0.2) is 0 Å². The number of carbonyl (C=O) groups excluding carboxylic acids is 1. The van der Waals surface area contributed by atoms with Crippen LogP contribution < -0.4 is 5.73 Å². The van der Waals surface area contributed by atoms with E-state index in [1.807, 2.05) is 0 Å². The van der Waals surface area contributed by atoms with Crippen LogP contribution in [0.25, 0.3) is 0 Å². The van der Waals surface area contributed by atoms with E-state index in [0.717, 1.165) is 0 Å². The van der Waals surface area contributed by atoms with Crippen LogP contribution in [-0.4, -0.2) is 30.8 Å². The summed E-state index contributed by atoms with van der Waals surface area (Å²) in [5, 5.41) is 9.24. The molecule has 0 amide bonds. The topological polar surface area (TPSA) is 72.5 Å². The highest BCUT2D eigenvalue weighted by atomic mass is 16.5. The van der Waals surface area contributed by atoms with Gasteiger partial charge in [-0.2, -0.15) is 0 Å². The second-order valence-corrected chi connectivity index (χ2v) is 2.34. The first kappa shape index (κ1) is 10.4. The quantitative estimate of drug-likeness (QED) is 0.545. The number of rotatable bonds is 4. The molecule has 0 aromatic carbocycles. The highest BCUT2D eigenvalue weighted by molar-refractivity contribution is 5.73. The van der Waals surface area contributed by atoms with Gasteiger partial charge in [0.25, 0.3) is 0 Å². The van der Waals surface area contributed by atoms with Crippen molar-refractivity contribution in [2.45, 2.75) is 19.4 Å². The first-order valence-corrected chi connectivity index (χ1v) is 3.63. The fourth-order valence-corrected chi connectivity index (χ4v) is 0.846. The lowest BCUT2D eigenvalue weighted by Gasteiger charge is -2.16. The van der Waals surface area contributed by atoms with Gasteiger partial charge in [0, 0.05) is 6.54 Å². The summed E-state index contributed by atoms with van der Waals surface area (Å²) in [6.07, 6.45) is -0.177. The van der Waals surface area contributed by atoms with Gasteiger partial charge in [0.2, 0.25) is 0 Å². The molecule has 0 aliphatic heterocycles. The van der Waals surface area contributed by atoms with Crippen LogP contribution in [-0.2, 0) is 9.53 Å². The van der Waals surface area contributed by atoms with E-state index in [2.05, 4.69) is 4.74 Å². The molecule has 0 heterocycles. The SMILES string of the molecule is CC[C@@H](O)C(CN)C(=O)OC. The largest absolute Gasteiger partial charge is 0.469 e. The molecule has 0 spiro atoms. The number of ether oxygens (including phenoxy) is 1. The van der Waals surface area contributed by atoms with Crippen LogP contribution in [0.3, 0.4) is 0 Å². The van der Waals surface area contributed by atoms with Crippen molar-refractivity contribution in [3.05, 3.63) is 0 Å². The Kier molecular flexibility index (Phi) is 4.81. The minimum absolute atomic E-state index is 0.127. The van der Waals surface area contributed by atoms with E-state index in [0.29, 0.717) is 6.42 Å². The molecule has 0 aliphatic carbocycles. The van der Waals surface area contributed by atoms with Crippen LogP contribution in [0.15, 0.2) is 0 Å². The van der Waals surface area contributed by atoms with Crippen molar-refractivity contribution in [1.29, 1.82) is 0 Å². The third kappa shape index (κ3) is 2.86. The average molecular weight is 161 g/mol. The van der Waals surface area contributed by atoms with Crippen molar-refractivity contribution in [3.63, 3.8) is 0 Å². The molecule has 0 saturated carbocycles. The number of hydrogen-bond acceptors (Lipinski definition) is 4. The Hall–Kier alpha value is -0.610. The molecule has 66 valence electrons. The fourth-order valence-electron chi connectivity index (χ4n) is 0.846. The molecular weight excluding hydrogens is 146 g/mol. The predicted octanol–water partition coefficient (Wildman–Crippen LogP) is -0.495. The van der Waals surface area contributed by atoms with Crippen molar-refractivity contribution in [1.82, 2.24) is 0 Å². The zero-order valence-corrected chi connectivity index (χ0v) is 6.91. The maximum Gasteiger partial charge on any atom is 0.312 e. The Morgan fingerprint density at radius 2 is 2.27 bits per heavy atom. The summed E-state index contributed by atoms with van der Waals surface area (Å²) in [5.74, 6) is -1.02. The summed E-state index contributed by atoms with van der Waals surface area (Å²) < 4.78 is 4.45. The van der Waals surface area contributed by atoms with Gasteiger partial charge < -0.3 is 15.6 Å². The smallest absolute Gasteiger partial charge is 0.312 e. The highest BCUT2D eigenvalue weighted by Crippen LogP contribution is 2.07. The normalized spacial score (nSPS) is 15.6. The lowest BCUT2D eigenvalue weighted by Crippen LogP contribution is -2.35. The highest BCUT2D eigenvalue weighted by Gasteiger charge is 2.24. The van der Waals surface area contributed by atoms with E-state index in [1.54, 1.807) is 6.92 Å². The molecule has 0 saturated heterocycles. The molecule has 0 aromatic heterocycles. The summed E-state index contributed by atoms with van der Waals surface area (Å²) in [7, 11) is 1.29. The summed E-state index contributed by atoms with van der Waals surface area (Å²) in [6, 6.07) is 0. The van der Waals surface area contributed by atoms with Crippen LogP contribution in [0.5, 0.6) is 0 Å². The number of esters is 1. The number of hydrogen-bond donors (Lipinski definition) is 2. The Balaban J connectivity index is 4.03. The van der Waals surface area contributed by atoms with E-state index in [1.165, 1.54) is 7.11 Å². The van der Waals surface area contributed by atoms with Crippen molar-refractivity contribution in [2.24, 2.45) is 11.7 Å². The summed E-state index contributed by atoms with van der Waals surface area (Å²) in [6.45, 7) is 1.91. The Labute approximate surface area is 66.3 Å². The fraction of sp³-hybridized carbons (Fsp3) is 0.857. The Morgan fingerprint density at radius 1 is 1.73 bits per heavy atom. The van der Waals surface area contributed by atoms with Crippen molar-refractivity contribution in [3.8, 4) is 0 Å². The molecule has 11 heavy (non-hydrogen) atoms. The predicted molar refractivity (Wildman–Crippen MR) is 40.9 cm³/mol. The molecular formula is C7H15NO3. The number of nitrogens with two attached hydrogens (primary N) is 1. The third-order valence-electron chi connectivity index (χ3n) is 1.64. The number of carbonyl (C=O) groups is 1. The van der Waals surface area contributed by atoms with E-state index < -0.39 is 18.0 Å². The summed E-state index contributed by atoms with van der Waals surface area (Å²) in [4.78, 5) is 10.9. The lowest BCUT2D eigenvalue weighted by molar-refractivity contribution is -0.149. The van der Waals surface area contributed by atoms with Gasteiger partial charge >= 0.3 is 5.97 Å². The second-order valence-electron chi connectivity index (χ2n) is 2.34. The van der Waals surface area contributed by atoms with Crippen molar-refractivity contribution >= 4 is 5.97 Å². The molecule has 2 atom stereocenters. The number of aliphatic hydroxyl groups is 1. The molecule has 0 fully saturated rings. The summed E-state index contributed by atoms with van der Waals surface area (Å²) >= 11 is 0. The van der Waals surface area contributed by atoms with Crippen LogP contribution in [0, 0.1) is 5.92 Å². The van der Waals surface area contributed by atoms with Crippen LogP contribution in [0.2, 0.25) is 0 Å². The van der Waals surface area contributed by atoms with Gasteiger partial charge in [-0.1, -0.05) is 6.92 Å². The van der Waals surface area contributed by atoms with Gasteiger partial charge in [0.1, 0.15) is 0 Å². The van der Waals surface area contributed by atoms with E-state index in [4.69, 9.17) is 5.73 Å². The van der Waals surface area contributed by atoms with Gasteiger partial charge in [-0.05, 0) is 6.42 Å². The first-order valence-electron chi connectivity index (χ1n) is 3.63. The Bertz CT molecular complexity index is 127. The van der Waals surface area contributed by atoms with Crippen LogP contribution in [0.1, 0.15) is 13.3 Å². The summed E-state index contributed by atoms with van der Waals surface area (Å²) in [5.41, 5.74) is 5.26. The van der Waals surface area contributed by atoms with Gasteiger partial charge in [0.15, 0.2) is 0 Å². The molecule has 4 nitrogen and oxygen atoms in total. The molecule has 1 unspecified atom stereocenters. The van der Waals surface area contributed by atoms with Crippen LogP contribution in [0.4, 0.5) is 0 Å². The standard InChI is InChI=1S/C7H15NO3/c1-3-6(9)5(4-8)7(10)11-2/h5-6,9H,3-4,8H2,1-2H3/t5?,6-/m1/s1. The minimum atomic E-state index is -0.688. The van der Waals surface area contributed by atoms with E-state index in [-0.39, 0.29) is 6.54 Å². The van der Waals surface area contributed by atoms with Gasteiger partial charge in [0.05, 0.1) is 19.1 Å². The maximum atomic E-state index is 10.9. The zero-order valence-electron chi connectivity index (χ0n) is 6.91. The molecule has 0 aromatic rings. The number of methoxy groups -OCH3 is 1. The molecule has 0 radical (unpaired) electrons. The lowest BCUT2D eigenvalue weighted by atomic mass is 10.0. The van der Waals surface area contributed by atoms with E-state index in [9.17, 15) is 9.90 Å². The van der Waals surface area contributed by atoms with Crippen molar-refractivity contribution < 1.29 is 14.6 Å². The maximum absolute atomic E-state index is 10.9. The van der Waals surface area contributed by atoms with Crippen molar-refractivity contribution in [2.75, 3.05) is 13.7 Å². The Morgan fingerprint density at radius 3 is 2.55 bits per heavy atom. The average Bonchev–Trinajstić information content (AvgIpc) is 2.05. The molecule has 0 rings (SSSR count). The molecule has 4 heteroatoms. The van der Waals surface area contributed by atoms with E-state index >= 15 is 0 Å². The zero-order chi connectivity index (χ0) is 8.85.